The lowest BCUT2D eigenvalue weighted by Crippen LogP contribution is -2.39. The van der Waals surface area contributed by atoms with Gasteiger partial charge in [-0.15, -0.1) is 0 Å². The molecule has 8 N–H and O–H groups in total. The zero-order valence-corrected chi connectivity index (χ0v) is 24.6. The number of hydrogen-bond donors (Lipinski definition) is 7. The third-order valence-corrected chi connectivity index (χ3v) is 7.24. The highest BCUT2D eigenvalue weighted by molar-refractivity contribution is 5.70. The Morgan fingerprint density at radius 1 is 1.07 bits per heavy atom. The minimum Gasteiger partial charge on any atom is -0.390 e. The largest absolute Gasteiger partial charge is 0.390 e. The first-order valence-corrected chi connectivity index (χ1v) is 15.1. The standard InChI is InChI=1S/C29H47N9O4/c1-2-9-31-11-13-33-15-16-34-14-12-32-10-6-17-41-23(18-21-7-4-3-5-8-21)26-22(39)19-24(42-26)38-20-35-25-27(38)36-29(30)37-28(25)40/h3-5,7-8,20,22-24,26,31-34,39H,2,6,9-19H2,1H3,(H3,30,36,37,40)/t22-,23?,24+,26-/m0/s1. The predicted octanol–water partition coefficient (Wildman–Crippen LogP) is 0.137. The van der Waals surface area contributed by atoms with E-state index in [1.807, 2.05) is 30.3 Å². The smallest absolute Gasteiger partial charge is 0.280 e. The Morgan fingerprint density at radius 3 is 2.43 bits per heavy atom. The first-order chi connectivity index (χ1) is 20.6. The van der Waals surface area contributed by atoms with Crippen molar-refractivity contribution in [1.29, 1.82) is 0 Å². The molecule has 13 heteroatoms. The van der Waals surface area contributed by atoms with Crippen molar-refractivity contribution in [3.05, 3.63) is 52.6 Å². The van der Waals surface area contributed by atoms with Gasteiger partial charge in [-0.1, -0.05) is 37.3 Å². The maximum atomic E-state index is 12.2. The Kier molecular flexibility index (Phi) is 13.2. The van der Waals surface area contributed by atoms with Crippen LogP contribution in [-0.2, 0) is 15.9 Å². The average molecular weight is 586 g/mol. The number of aromatic nitrogens is 4. The summed E-state index contributed by atoms with van der Waals surface area (Å²) in [5.74, 6) is 0.00182. The molecule has 4 rings (SSSR count). The fraction of sp³-hybridized carbons (Fsp3) is 0.621. The van der Waals surface area contributed by atoms with E-state index in [1.165, 1.54) is 6.33 Å². The van der Waals surface area contributed by atoms with Crippen LogP contribution < -0.4 is 32.6 Å². The highest BCUT2D eigenvalue weighted by Gasteiger charge is 2.41. The molecule has 4 atom stereocenters. The Labute approximate surface area is 247 Å². The average Bonchev–Trinajstić information content (AvgIpc) is 3.58. The van der Waals surface area contributed by atoms with Gasteiger partial charge in [-0.05, 0) is 31.5 Å². The number of benzene rings is 1. The summed E-state index contributed by atoms with van der Waals surface area (Å²) in [5.41, 5.74) is 6.95. The summed E-state index contributed by atoms with van der Waals surface area (Å²) in [4.78, 5) is 23.1. The predicted molar refractivity (Wildman–Crippen MR) is 163 cm³/mol. The monoisotopic (exact) mass is 585 g/mol. The maximum Gasteiger partial charge on any atom is 0.280 e. The van der Waals surface area contributed by atoms with Gasteiger partial charge < -0.3 is 41.6 Å². The number of fused-ring (bicyclic) bond motifs is 1. The number of nitrogens with one attached hydrogen (secondary N) is 5. The molecule has 0 amide bonds. The number of aliphatic hydroxyl groups is 1. The second-order valence-corrected chi connectivity index (χ2v) is 10.6. The fourth-order valence-electron chi connectivity index (χ4n) is 5.09. The quantitative estimate of drug-likeness (QED) is 0.0898. The molecule has 0 spiro atoms. The first-order valence-electron chi connectivity index (χ1n) is 15.1. The number of aliphatic hydroxyl groups excluding tert-OH is 1. The SMILES string of the molecule is CCCNCCNCCNCCNCCCOC(Cc1ccccc1)[C@H]1O[C@@H](n2cnc3c(=O)[nH]c(N)nc32)C[C@@H]1O. The zero-order chi connectivity index (χ0) is 29.6. The number of nitrogens with two attached hydrogens (primary N) is 1. The van der Waals surface area contributed by atoms with E-state index in [9.17, 15) is 9.90 Å². The van der Waals surface area contributed by atoms with Crippen molar-refractivity contribution in [3.63, 3.8) is 0 Å². The summed E-state index contributed by atoms with van der Waals surface area (Å²) in [6.07, 6.45) is 2.21. The maximum absolute atomic E-state index is 12.2. The number of hydrogen-bond acceptors (Lipinski definition) is 11. The second-order valence-electron chi connectivity index (χ2n) is 10.6. The van der Waals surface area contributed by atoms with Gasteiger partial charge in [0.1, 0.15) is 12.3 Å². The van der Waals surface area contributed by atoms with Gasteiger partial charge in [0, 0.05) is 58.7 Å². The van der Waals surface area contributed by atoms with Crippen molar-refractivity contribution in [1.82, 2.24) is 40.8 Å². The molecule has 0 radical (unpaired) electrons. The Morgan fingerprint density at radius 2 is 1.74 bits per heavy atom. The highest BCUT2D eigenvalue weighted by Crippen LogP contribution is 2.33. The molecular weight excluding hydrogens is 538 g/mol. The topological polar surface area (TPSA) is 176 Å². The van der Waals surface area contributed by atoms with Crippen LogP contribution in [0.15, 0.2) is 41.5 Å². The number of H-pyrrole nitrogens is 1. The van der Waals surface area contributed by atoms with Crippen LogP contribution in [-0.4, -0.2) is 102 Å². The van der Waals surface area contributed by atoms with E-state index in [2.05, 4.69) is 43.1 Å². The summed E-state index contributed by atoms with van der Waals surface area (Å²) in [6, 6.07) is 10.1. The van der Waals surface area contributed by atoms with Gasteiger partial charge in [-0.2, -0.15) is 4.98 Å². The number of nitrogen functional groups attached to an aromatic ring is 1. The highest BCUT2D eigenvalue weighted by atomic mass is 16.6. The molecule has 13 nitrogen and oxygen atoms in total. The molecule has 1 aliphatic rings. The lowest BCUT2D eigenvalue weighted by molar-refractivity contribution is -0.106. The summed E-state index contributed by atoms with van der Waals surface area (Å²) in [7, 11) is 0. The van der Waals surface area contributed by atoms with Crippen molar-refractivity contribution in [2.24, 2.45) is 0 Å². The third-order valence-electron chi connectivity index (χ3n) is 7.24. The van der Waals surface area contributed by atoms with Crippen LogP contribution in [0.2, 0.25) is 0 Å². The number of imidazole rings is 1. The molecule has 0 saturated carbocycles. The molecule has 2 aromatic heterocycles. The molecule has 232 valence electrons. The van der Waals surface area contributed by atoms with E-state index >= 15 is 0 Å². The number of anilines is 1. The number of ether oxygens (including phenoxy) is 2. The molecule has 3 heterocycles. The van der Waals surface area contributed by atoms with E-state index in [-0.39, 0.29) is 17.6 Å². The van der Waals surface area contributed by atoms with Crippen molar-refractivity contribution in [2.75, 3.05) is 64.7 Å². The minimum absolute atomic E-state index is 0.00182. The molecule has 42 heavy (non-hydrogen) atoms. The van der Waals surface area contributed by atoms with Crippen LogP contribution in [0.4, 0.5) is 5.95 Å². The van der Waals surface area contributed by atoms with Crippen LogP contribution >= 0.6 is 0 Å². The van der Waals surface area contributed by atoms with Gasteiger partial charge in [-0.3, -0.25) is 14.3 Å². The normalized spacial score (nSPS) is 19.5. The van der Waals surface area contributed by atoms with Crippen LogP contribution in [0.1, 0.15) is 38.0 Å². The molecular formula is C29H47N9O4. The number of nitrogens with zero attached hydrogens (tertiary/aromatic N) is 3. The van der Waals surface area contributed by atoms with Crippen molar-refractivity contribution in [3.8, 4) is 0 Å². The Balaban J connectivity index is 1.21. The van der Waals surface area contributed by atoms with E-state index < -0.39 is 24.0 Å². The zero-order valence-electron chi connectivity index (χ0n) is 24.6. The summed E-state index contributed by atoms with van der Waals surface area (Å²) in [6.45, 7) is 10.3. The third kappa shape index (κ3) is 9.56. The van der Waals surface area contributed by atoms with E-state index in [1.54, 1.807) is 4.57 Å². The van der Waals surface area contributed by atoms with Crippen LogP contribution in [0.3, 0.4) is 0 Å². The van der Waals surface area contributed by atoms with Gasteiger partial charge in [-0.25, -0.2) is 4.98 Å². The molecule has 0 bridgehead atoms. The fourth-order valence-corrected chi connectivity index (χ4v) is 5.09. The van der Waals surface area contributed by atoms with Crippen LogP contribution in [0.25, 0.3) is 11.2 Å². The van der Waals surface area contributed by atoms with Gasteiger partial charge in [0.2, 0.25) is 5.95 Å². The summed E-state index contributed by atoms with van der Waals surface area (Å²) in [5, 5.41) is 24.7. The first kappa shape index (κ1) is 32.0. The van der Waals surface area contributed by atoms with Gasteiger partial charge in [0.05, 0.1) is 18.5 Å². The summed E-state index contributed by atoms with van der Waals surface area (Å²) < 4.78 is 14.3. The molecule has 3 aromatic rings. The van der Waals surface area contributed by atoms with Crippen molar-refractivity contribution in [2.45, 2.75) is 57.1 Å². The van der Waals surface area contributed by atoms with Gasteiger partial charge in [0.25, 0.3) is 5.56 Å². The van der Waals surface area contributed by atoms with Gasteiger partial charge in [0.15, 0.2) is 11.2 Å². The minimum atomic E-state index is -0.758. The molecule has 1 saturated heterocycles. The number of rotatable bonds is 20. The number of aromatic amines is 1. The lowest BCUT2D eigenvalue weighted by atomic mass is 10.00. The van der Waals surface area contributed by atoms with Crippen molar-refractivity contribution >= 4 is 17.1 Å². The molecule has 1 unspecified atom stereocenters. The lowest BCUT2D eigenvalue weighted by Gasteiger charge is -2.26. The summed E-state index contributed by atoms with van der Waals surface area (Å²) >= 11 is 0. The van der Waals surface area contributed by atoms with Gasteiger partial charge >= 0.3 is 0 Å². The van der Waals surface area contributed by atoms with E-state index in [0.29, 0.717) is 25.1 Å². The van der Waals surface area contributed by atoms with Crippen molar-refractivity contribution < 1.29 is 14.6 Å². The Bertz CT molecular complexity index is 1240. The van der Waals surface area contributed by atoms with Crippen LogP contribution in [0, 0.1) is 0 Å². The molecule has 1 fully saturated rings. The Hall–Kier alpha value is -2.91. The molecule has 1 aromatic carbocycles. The molecule has 0 aliphatic carbocycles. The second kappa shape index (κ2) is 17.3. The van der Waals surface area contributed by atoms with E-state index in [0.717, 1.165) is 70.8 Å². The van der Waals surface area contributed by atoms with E-state index in [4.69, 9.17) is 15.2 Å². The van der Waals surface area contributed by atoms with Crippen LogP contribution in [0.5, 0.6) is 0 Å². The molecule has 1 aliphatic heterocycles.